The number of nitrogens with two attached hydrogens (primary N) is 1. The van der Waals surface area contributed by atoms with Crippen molar-refractivity contribution in [2.45, 2.75) is 25.5 Å². The van der Waals surface area contributed by atoms with Crippen molar-refractivity contribution in [2.24, 2.45) is 11.7 Å². The highest BCUT2D eigenvalue weighted by atomic mass is 16.5. The fourth-order valence-electron chi connectivity index (χ4n) is 3.25. The topological polar surface area (TPSA) is 55.6 Å². The third-order valence-corrected chi connectivity index (χ3v) is 4.73. The van der Waals surface area contributed by atoms with E-state index in [1.54, 1.807) is 0 Å². The van der Waals surface area contributed by atoms with Gasteiger partial charge in [-0.05, 0) is 17.5 Å². The summed E-state index contributed by atoms with van der Waals surface area (Å²) in [7, 11) is 0. The van der Waals surface area contributed by atoms with Crippen LogP contribution in [0.1, 0.15) is 30.0 Å². The Labute approximate surface area is 149 Å². The maximum Gasteiger partial charge on any atom is 0.224 e. The van der Waals surface area contributed by atoms with E-state index in [1.807, 2.05) is 53.4 Å². The molecular weight excluding hydrogens is 312 g/mol. The van der Waals surface area contributed by atoms with Crippen LogP contribution in [0.2, 0.25) is 0 Å². The zero-order chi connectivity index (χ0) is 17.5. The maximum atomic E-state index is 12.5. The third-order valence-electron chi connectivity index (χ3n) is 4.73. The molecule has 0 spiro atoms. The lowest BCUT2D eigenvalue weighted by Gasteiger charge is -2.19. The molecule has 4 nitrogen and oxygen atoms in total. The van der Waals surface area contributed by atoms with Gasteiger partial charge in [-0.1, -0.05) is 60.7 Å². The van der Waals surface area contributed by atoms with Gasteiger partial charge in [0, 0.05) is 31.5 Å². The Kier molecular flexibility index (Phi) is 6.20. The first-order chi connectivity index (χ1) is 12.2. The van der Waals surface area contributed by atoms with Crippen LogP contribution in [0.3, 0.4) is 0 Å². The summed E-state index contributed by atoms with van der Waals surface area (Å²) in [4.78, 5) is 14.4. The molecule has 1 aliphatic rings. The van der Waals surface area contributed by atoms with Crippen LogP contribution in [0.5, 0.6) is 0 Å². The van der Waals surface area contributed by atoms with Gasteiger partial charge in [0.2, 0.25) is 5.91 Å². The van der Waals surface area contributed by atoms with Crippen molar-refractivity contribution in [2.75, 3.05) is 19.7 Å². The Balaban J connectivity index is 1.40. The highest BCUT2D eigenvalue weighted by molar-refractivity contribution is 5.77. The summed E-state index contributed by atoms with van der Waals surface area (Å²) in [6.07, 6.45) is 1.36. The standard InChI is InChI=1S/C21H26N2O2/c22-20(19-9-5-2-6-10-19)13-21(24)23-12-11-18(14-23)16-25-15-17-7-3-1-4-8-17/h1-10,18,20H,11-16,22H2. The van der Waals surface area contributed by atoms with Crippen molar-refractivity contribution in [3.63, 3.8) is 0 Å². The van der Waals surface area contributed by atoms with Crippen LogP contribution >= 0.6 is 0 Å². The van der Waals surface area contributed by atoms with Crippen LogP contribution in [0.4, 0.5) is 0 Å². The lowest BCUT2D eigenvalue weighted by Crippen LogP contribution is -2.31. The number of rotatable bonds is 7. The van der Waals surface area contributed by atoms with Crippen LogP contribution in [0.25, 0.3) is 0 Å². The highest BCUT2D eigenvalue weighted by Gasteiger charge is 2.27. The summed E-state index contributed by atoms with van der Waals surface area (Å²) in [5.74, 6) is 0.558. The molecule has 0 aliphatic carbocycles. The molecule has 0 radical (unpaired) electrons. The molecule has 2 unspecified atom stereocenters. The smallest absolute Gasteiger partial charge is 0.224 e. The van der Waals surface area contributed by atoms with Gasteiger partial charge in [0.05, 0.1) is 13.2 Å². The van der Waals surface area contributed by atoms with E-state index in [0.29, 0.717) is 25.6 Å². The van der Waals surface area contributed by atoms with Crippen molar-refractivity contribution in [3.05, 3.63) is 71.8 Å². The summed E-state index contributed by atoms with van der Waals surface area (Å²) >= 11 is 0. The predicted molar refractivity (Wildman–Crippen MR) is 98.8 cm³/mol. The number of ether oxygens (including phenoxy) is 1. The maximum absolute atomic E-state index is 12.5. The Morgan fingerprint density at radius 2 is 1.80 bits per heavy atom. The molecule has 2 aromatic rings. The highest BCUT2D eigenvalue weighted by Crippen LogP contribution is 2.21. The van der Waals surface area contributed by atoms with E-state index in [1.165, 1.54) is 5.56 Å². The molecule has 1 heterocycles. The zero-order valence-corrected chi connectivity index (χ0v) is 14.5. The van der Waals surface area contributed by atoms with Crippen molar-refractivity contribution in [3.8, 4) is 0 Å². The second-order valence-corrected chi connectivity index (χ2v) is 6.72. The van der Waals surface area contributed by atoms with Crippen molar-refractivity contribution in [1.29, 1.82) is 0 Å². The quantitative estimate of drug-likeness (QED) is 0.844. The average molecular weight is 338 g/mol. The lowest BCUT2D eigenvalue weighted by molar-refractivity contribution is -0.130. The molecule has 2 aromatic carbocycles. The average Bonchev–Trinajstić information content (AvgIpc) is 3.12. The molecule has 25 heavy (non-hydrogen) atoms. The molecule has 0 saturated carbocycles. The van der Waals surface area contributed by atoms with Crippen molar-refractivity contribution < 1.29 is 9.53 Å². The fraction of sp³-hybridized carbons (Fsp3) is 0.381. The monoisotopic (exact) mass is 338 g/mol. The number of benzene rings is 2. The number of carbonyl (C=O) groups is 1. The Morgan fingerprint density at radius 3 is 2.52 bits per heavy atom. The van der Waals surface area contributed by atoms with E-state index >= 15 is 0 Å². The summed E-state index contributed by atoms with van der Waals surface area (Å²) in [5, 5.41) is 0. The molecule has 132 valence electrons. The number of amides is 1. The molecule has 1 amide bonds. The molecule has 0 aromatic heterocycles. The van der Waals surface area contributed by atoms with Crippen LogP contribution in [-0.2, 0) is 16.1 Å². The summed E-state index contributed by atoms with van der Waals surface area (Å²) in [6.45, 7) is 2.91. The molecular formula is C21H26N2O2. The minimum atomic E-state index is -0.234. The van der Waals surface area contributed by atoms with Gasteiger partial charge in [0.1, 0.15) is 0 Å². The Morgan fingerprint density at radius 1 is 1.12 bits per heavy atom. The van der Waals surface area contributed by atoms with Crippen molar-refractivity contribution >= 4 is 5.91 Å². The lowest BCUT2D eigenvalue weighted by atomic mass is 10.0. The van der Waals surface area contributed by atoms with Gasteiger partial charge in [-0.25, -0.2) is 0 Å². The van der Waals surface area contributed by atoms with Gasteiger partial charge in [0.15, 0.2) is 0 Å². The Hall–Kier alpha value is -2.17. The molecule has 3 rings (SSSR count). The van der Waals surface area contributed by atoms with Crippen molar-refractivity contribution in [1.82, 2.24) is 4.90 Å². The second-order valence-electron chi connectivity index (χ2n) is 6.72. The minimum absolute atomic E-state index is 0.141. The van der Waals surface area contributed by atoms with Gasteiger partial charge >= 0.3 is 0 Å². The van der Waals surface area contributed by atoms with Crippen LogP contribution in [0, 0.1) is 5.92 Å². The van der Waals surface area contributed by atoms with Gasteiger partial charge in [-0.3, -0.25) is 4.79 Å². The number of hydrogen-bond acceptors (Lipinski definition) is 3. The number of carbonyl (C=O) groups excluding carboxylic acids is 1. The summed E-state index contributed by atoms with van der Waals surface area (Å²) < 4.78 is 5.82. The first-order valence-electron chi connectivity index (χ1n) is 8.92. The van der Waals surface area contributed by atoms with Gasteiger partial charge in [0.25, 0.3) is 0 Å². The molecule has 0 bridgehead atoms. The van der Waals surface area contributed by atoms with Crippen LogP contribution < -0.4 is 5.73 Å². The molecule has 2 N–H and O–H groups in total. The molecule has 1 fully saturated rings. The third kappa shape index (κ3) is 5.15. The number of likely N-dealkylation sites (tertiary alicyclic amines) is 1. The van der Waals surface area contributed by atoms with E-state index in [0.717, 1.165) is 25.1 Å². The molecule has 2 atom stereocenters. The summed E-state index contributed by atoms with van der Waals surface area (Å²) in [6, 6.07) is 19.8. The summed E-state index contributed by atoms with van der Waals surface area (Å²) in [5.41, 5.74) is 8.37. The number of nitrogens with zero attached hydrogens (tertiary/aromatic N) is 1. The molecule has 1 saturated heterocycles. The van der Waals surface area contributed by atoms with E-state index in [4.69, 9.17) is 10.5 Å². The van der Waals surface area contributed by atoms with Gasteiger partial charge in [-0.15, -0.1) is 0 Å². The van der Waals surface area contributed by atoms with E-state index in [2.05, 4.69) is 12.1 Å². The molecule has 1 aliphatic heterocycles. The fourth-order valence-corrected chi connectivity index (χ4v) is 3.25. The first kappa shape index (κ1) is 17.6. The minimum Gasteiger partial charge on any atom is -0.376 e. The largest absolute Gasteiger partial charge is 0.376 e. The van der Waals surface area contributed by atoms with E-state index in [-0.39, 0.29) is 11.9 Å². The van der Waals surface area contributed by atoms with Crippen LogP contribution in [0.15, 0.2) is 60.7 Å². The van der Waals surface area contributed by atoms with E-state index in [9.17, 15) is 4.79 Å². The Bertz CT molecular complexity index is 660. The second kappa shape index (κ2) is 8.79. The van der Waals surface area contributed by atoms with E-state index < -0.39 is 0 Å². The van der Waals surface area contributed by atoms with Gasteiger partial charge in [-0.2, -0.15) is 0 Å². The SMILES string of the molecule is NC(CC(=O)N1CCC(COCc2ccccc2)C1)c1ccccc1. The number of hydrogen-bond donors (Lipinski definition) is 1. The zero-order valence-electron chi connectivity index (χ0n) is 14.5. The molecule has 4 heteroatoms. The predicted octanol–water partition coefficient (Wildman–Crippen LogP) is 3.14. The van der Waals surface area contributed by atoms with Gasteiger partial charge < -0.3 is 15.4 Å². The first-order valence-corrected chi connectivity index (χ1v) is 8.92. The van der Waals surface area contributed by atoms with Crippen LogP contribution in [-0.4, -0.2) is 30.5 Å². The normalized spacial score (nSPS) is 18.3.